The van der Waals surface area contributed by atoms with Crippen molar-refractivity contribution >= 4 is 34.7 Å². The molecule has 2 aromatic carbocycles. The molecule has 1 aromatic heterocycles. The van der Waals surface area contributed by atoms with E-state index in [0.29, 0.717) is 22.6 Å². The number of esters is 1. The van der Waals surface area contributed by atoms with E-state index in [1.165, 1.54) is 14.0 Å². The highest BCUT2D eigenvalue weighted by Gasteiger charge is 2.24. The Bertz CT molecular complexity index is 1070. The molecule has 3 aromatic rings. The van der Waals surface area contributed by atoms with Gasteiger partial charge in [0.05, 0.1) is 24.8 Å². The number of H-pyrrole nitrogens is 1. The van der Waals surface area contributed by atoms with Crippen molar-refractivity contribution in [1.82, 2.24) is 4.98 Å². The molecule has 0 fully saturated rings. The zero-order valence-corrected chi connectivity index (χ0v) is 17.0. The van der Waals surface area contributed by atoms with E-state index < -0.39 is 5.97 Å². The van der Waals surface area contributed by atoms with Crippen molar-refractivity contribution in [2.75, 3.05) is 17.7 Å². The first-order valence-electron chi connectivity index (χ1n) is 9.41. The van der Waals surface area contributed by atoms with Crippen molar-refractivity contribution < 1.29 is 19.1 Å². The van der Waals surface area contributed by atoms with Gasteiger partial charge in [0.1, 0.15) is 0 Å². The smallest absolute Gasteiger partial charge is 0.339 e. The number of rotatable bonds is 7. The molecule has 0 saturated heterocycles. The number of aromatic amines is 1. The number of benzene rings is 2. The van der Waals surface area contributed by atoms with Gasteiger partial charge in [0.2, 0.25) is 5.91 Å². The Balaban J connectivity index is 1.70. The van der Waals surface area contributed by atoms with E-state index in [1.54, 1.807) is 19.1 Å². The first-order chi connectivity index (χ1) is 14.4. The Labute approximate surface area is 174 Å². The molecule has 3 N–H and O–H groups in total. The molecule has 0 spiro atoms. The highest BCUT2D eigenvalue weighted by Crippen LogP contribution is 2.22. The summed E-state index contributed by atoms with van der Waals surface area (Å²) in [4.78, 5) is 39.3. The van der Waals surface area contributed by atoms with Gasteiger partial charge >= 0.3 is 5.97 Å². The van der Waals surface area contributed by atoms with Crippen LogP contribution in [0.1, 0.15) is 39.0 Å². The van der Waals surface area contributed by atoms with Gasteiger partial charge in [0.25, 0.3) is 0 Å². The van der Waals surface area contributed by atoms with E-state index in [-0.39, 0.29) is 23.7 Å². The molecule has 0 aliphatic carbocycles. The standard InChI is InChI=1S/C23H23N3O4/c1-14-21(23(29)30-3)19(26-22(14)15(2)27)13-20(28)25-18-11-9-17(10-12-18)24-16-7-5-4-6-8-16/h4-12,24,26H,13H2,1-3H3,(H,25,28). The number of methoxy groups -OCH3 is 1. The number of hydrogen-bond donors (Lipinski definition) is 3. The molecular weight excluding hydrogens is 382 g/mol. The average Bonchev–Trinajstić information content (AvgIpc) is 3.05. The van der Waals surface area contributed by atoms with Crippen molar-refractivity contribution in [2.24, 2.45) is 0 Å². The molecule has 7 nitrogen and oxygen atoms in total. The number of para-hydroxylation sites is 1. The summed E-state index contributed by atoms with van der Waals surface area (Å²) in [7, 11) is 1.26. The first-order valence-corrected chi connectivity index (χ1v) is 9.41. The molecule has 0 aliphatic rings. The number of aromatic nitrogens is 1. The van der Waals surface area contributed by atoms with Crippen LogP contribution in [0.2, 0.25) is 0 Å². The topological polar surface area (TPSA) is 100 Å². The number of carbonyl (C=O) groups is 3. The van der Waals surface area contributed by atoms with Gasteiger partial charge in [0, 0.05) is 29.7 Å². The molecular formula is C23H23N3O4. The quantitative estimate of drug-likeness (QED) is 0.403. The van der Waals surface area contributed by atoms with Crippen molar-refractivity contribution in [3.8, 4) is 0 Å². The molecule has 0 atom stereocenters. The number of amides is 1. The van der Waals surface area contributed by atoms with E-state index in [2.05, 4.69) is 15.6 Å². The number of anilines is 3. The van der Waals surface area contributed by atoms with Crippen LogP contribution < -0.4 is 10.6 Å². The van der Waals surface area contributed by atoms with Gasteiger partial charge in [-0.2, -0.15) is 0 Å². The number of nitrogens with one attached hydrogen (secondary N) is 3. The molecule has 0 saturated carbocycles. The zero-order chi connectivity index (χ0) is 21.7. The fourth-order valence-corrected chi connectivity index (χ4v) is 3.21. The second-order valence-electron chi connectivity index (χ2n) is 6.82. The van der Waals surface area contributed by atoms with Gasteiger partial charge in [-0.25, -0.2) is 4.79 Å². The van der Waals surface area contributed by atoms with Crippen molar-refractivity contribution in [1.29, 1.82) is 0 Å². The summed E-state index contributed by atoms with van der Waals surface area (Å²) >= 11 is 0. The maximum atomic E-state index is 12.5. The lowest BCUT2D eigenvalue weighted by molar-refractivity contribution is -0.115. The van der Waals surface area contributed by atoms with E-state index in [4.69, 9.17) is 4.74 Å². The van der Waals surface area contributed by atoms with Crippen LogP contribution in [0.3, 0.4) is 0 Å². The van der Waals surface area contributed by atoms with Crippen LogP contribution in [0.25, 0.3) is 0 Å². The SMILES string of the molecule is COC(=O)c1c(CC(=O)Nc2ccc(Nc3ccccc3)cc2)[nH]c(C(C)=O)c1C. The van der Waals surface area contributed by atoms with Gasteiger partial charge in [0.15, 0.2) is 5.78 Å². The third-order valence-corrected chi connectivity index (χ3v) is 4.64. The summed E-state index contributed by atoms with van der Waals surface area (Å²) in [6, 6.07) is 17.0. The molecule has 1 amide bonds. The average molecular weight is 405 g/mol. The van der Waals surface area contributed by atoms with E-state index in [0.717, 1.165) is 11.4 Å². The van der Waals surface area contributed by atoms with Crippen LogP contribution >= 0.6 is 0 Å². The van der Waals surface area contributed by atoms with E-state index in [1.807, 2.05) is 42.5 Å². The minimum absolute atomic E-state index is 0.0947. The van der Waals surface area contributed by atoms with Crippen LogP contribution in [0.5, 0.6) is 0 Å². The molecule has 0 radical (unpaired) electrons. The Morgan fingerprint density at radius 2 is 1.53 bits per heavy atom. The van der Waals surface area contributed by atoms with Crippen LogP contribution in [0.4, 0.5) is 17.1 Å². The minimum Gasteiger partial charge on any atom is -0.465 e. The Morgan fingerprint density at radius 3 is 2.13 bits per heavy atom. The third kappa shape index (κ3) is 4.75. The molecule has 1 heterocycles. The lowest BCUT2D eigenvalue weighted by Crippen LogP contribution is -2.17. The molecule has 0 bridgehead atoms. The summed E-state index contributed by atoms with van der Waals surface area (Å²) in [5.41, 5.74) is 3.83. The fourth-order valence-electron chi connectivity index (χ4n) is 3.21. The lowest BCUT2D eigenvalue weighted by Gasteiger charge is -2.09. The van der Waals surface area contributed by atoms with E-state index in [9.17, 15) is 14.4 Å². The predicted octanol–water partition coefficient (Wildman–Crippen LogP) is 4.24. The highest BCUT2D eigenvalue weighted by molar-refractivity contribution is 6.02. The second kappa shape index (κ2) is 9.09. The number of ether oxygens (including phenoxy) is 1. The summed E-state index contributed by atoms with van der Waals surface area (Å²) in [6.45, 7) is 3.05. The number of Topliss-reactive ketones (excluding diaryl/α,β-unsaturated/α-hetero) is 1. The normalized spacial score (nSPS) is 10.4. The summed E-state index contributed by atoms with van der Waals surface area (Å²) in [5, 5.41) is 6.07. The lowest BCUT2D eigenvalue weighted by atomic mass is 10.1. The molecule has 7 heteroatoms. The predicted molar refractivity (Wildman–Crippen MR) is 115 cm³/mol. The van der Waals surface area contributed by atoms with Gasteiger partial charge in [-0.1, -0.05) is 18.2 Å². The van der Waals surface area contributed by atoms with Crippen molar-refractivity contribution in [3.05, 3.63) is 77.1 Å². The minimum atomic E-state index is -0.588. The summed E-state index contributed by atoms with van der Waals surface area (Å²) in [6.07, 6.45) is -0.0947. The monoisotopic (exact) mass is 405 g/mol. The first kappa shape index (κ1) is 20.9. The van der Waals surface area contributed by atoms with Crippen LogP contribution in [-0.4, -0.2) is 29.8 Å². The fraction of sp³-hybridized carbons (Fsp3) is 0.174. The molecule has 0 unspecified atom stereocenters. The van der Waals surface area contributed by atoms with Gasteiger partial charge < -0.3 is 20.4 Å². The molecule has 154 valence electrons. The van der Waals surface area contributed by atoms with Crippen molar-refractivity contribution in [2.45, 2.75) is 20.3 Å². The zero-order valence-electron chi connectivity index (χ0n) is 17.0. The van der Waals surface area contributed by atoms with E-state index >= 15 is 0 Å². The summed E-state index contributed by atoms with van der Waals surface area (Å²) in [5.74, 6) is -1.12. The Kier molecular flexibility index (Phi) is 6.32. The summed E-state index contributed by atoms with van der Waals surface area (Å²) < 4.78 is 4.80. The Morgan fingerprint density at radius 1 is 0.933 bits per heavy atom. The largest absolute Gasteiger partial charge is 0.465 e. The second-order valence-corrected chi connectivity index (χ2v) is 6.82. The number of ketones is 1. The molecule has 3 rings (SSSR count). The maximum absolute atomic E-state index is 12.5. The van der Waals surface area contributed by atoms with Crippen molar-refractivity contribution in [3.63, 3.8) is 0 Å². The van der Waals surface area contributed by atoms with Crippen LogP contribution in [-0.2, 0) is 16.0 Å². The van der Waals surface area contributed by atoms with Gasteiger partial charge in [-0.15, -0.1) is 0 Å². The number of hydrogen-bond acceptors (Lipinski definition) is 5. The molecule has 30 heavy (non-hydrogen) atoms. The number of carbonyl (C=O) groups excluding carboxylic acids is 3. The van der Waals surface area contributed by atoms with Crippen LogP contribution in [0, 0.1) is 6.92 Å². The van der Waals surface area contributed by atoms with Gasteiger partial charge in [-0.05, 0) is 48.9 Å². The maximum Gasteiger partial charge on any atom is 0.339 e. The van der Waals surface area contributed by atoms with Gasteiger partial charge in [-0.3, -0.25) is 9.59 Å². The van der Waals surface area contributed by atoms with Crippen LogP contribution in [0.15, 0.2) is 54.6 Å². The highest BCUT2D eigenvalue weighted by atomic mass is 16.5. The molecule has 0 aliphatic heterocycles. The third-order valence-electron chi connectivity index (χ3n) is 4.64. The Hall–Kier alpha value is -3.87.